The van der Waals surface area contributed by atoms with Crippen LogP contribution in [0.15, 0.2) is 42.5 Å². The number of ether oxygens (including phenoxy) is 1. The Morgan fingerprint density at radius 1 is 1.19 bits per heavy atom. The molecule has 0 aliphatic rings. The third kappa shape index (κ3) is 4.36. The highest BCUT2D eigenvalue weighted by atomic mass is 16.5. The van der Waals surface area contributed by atoms with Crippen molar-refractivity contribution in [2.45, 2.75) is 13.8 Å². The SMILES string of the molecule is Cc1cc(C)cc(NC(=O)COc2cccc(C#N)c2)c1. The van der Waals surface area contributed by atoms with Crippen molar-refractivity contribution in [1.29, 1.82) is 5.26 Å². The Bertz CT molecular complexity index is 682. The van der Waals surface area contributed by atoms with Gasteiger partial charge in [0.2, 0.25) is 0 Å². The molecule has 0 heterocycles. The zero-order valence-electron chi connectivity index (χ0n) is 12.0. The first-order chi connectivity index (χ1) is 10.1. The van der Waals surface area contributed by atoms with E-state index in [1.165, 1.54) is 0 Å². The van der Waals surface area contributed by atoms with E-state index >= 15 is 0 Å². The lowest BCUT2D eigenvalue weighted by atomic mass is 10.1. The second kappa shape index (κ2) is 6.58. The van der Waals surface area contributed by atoms with E-state index in [-0.39, 0.29) is 12.5 Å². The van der Waals surface area contributed by atoms with Crippen LogP contribution in [0.1, 0.15) is 16.7 Å². The molecule has 2 rings (SSSR count). The van der Waals surface area contributed by atoms with Gasteiger partial charge in [0.15, 0.2) is 6.61 Å². The summed E-state index contributed by atoms with van der Waals surface area (Å²) in [6.07, 6.45) is 0. The van der Waals surface area contributed by atoms with Gasteiger partial charge in [0, 0.05) is 5.69 Å². The highest BCUT2D eigenvalue weighted by molar-refractivity contribution is 5.92. The highest BCUT2D eigenvalue weighted by Crippen LogP contribution is 2.15. The Hall–Kier alpha value is -2.80. The summed E-state index contributed by atoms with van der Waals surface area (Å²) >= 11 is 0. The van der Waals surface area contributed by atoms with Crippen LogP contribution in [0.2, 0.25) is 0 Å². The Balaban J connectivity index is 1.94. The average molecular weight is 280 g/mol. The molecule has 0 spiro atoms. The number of nitrogens with one attached hydrogen (secondary N) is 1. The molecule has 0 aromatic heterocycles. The summed E-state index contributed by atoms with van der Waals surface area (Å²) in [5.74, 6) is 0.270. The number of carbonyl (C=O) groups is 1. The van der Waals surface area contributed by atoms with Crippen LogP contribution in [0.4, 0.5) is 5.69 Å². The number of benzene rings is 2. The summed E-state index contributed by atoms with van der Waals surface area (Å²) in [4.78, 5) is 11.9. The molecule has 0 fully saturated rings. The molecule has 0 bridgehead atoms. The van der Waals surface area contributed by atoms with Gasteiger partial charge in [-0.15, -0.1) is 0 Å². The minimum Gasteiger partial charge on any atom is -0.484 e. The van der Waals surface area contributed by atoms with Gasteiger partial charge in [-0.3, -0.25) is 4.79 Å². The summed E-state index contributed by atoms with van der Waals surface area (Å²) in [7, 11) is 0. The predicted molar refractivity (Wildman–Crippen MR) is 81.2 cm³/mol. The quantitative estimate of drug-likeness (QED) is 0.935. The lowest BCUT2D eigenvalue weighted by Crippen LogP contribution is -2.20. The highest BCUT2D eigenvalue weighted by Gasteiger charge is 2.05. The van der Waals surface area contributed by atoms with Gasteiger partial charge in [0.1, 0.15) is 5.75 Å². The Morgan fingerprint density at radius 3 is 2.57 bits per heavy atom. The summed E-state index contributed by atoms with van der Waals surface area (Å²) in [6, 6.07) is 14.6. The van der Waals surface area contributed by atoms with E-state index in [0.29, 0.717) is 11.3 Å². The van der Waals surface area contributed by atoms with Gasteiger partial charge >= 0.3 is 0 Å². The zero-order valence-corrected chi connectivity index (χ0v) is 12.0. The van der Waals surface area contributed by atoms with Crippen molar-refractivity contribution in [2.24, 2.45) is 0 Å². The molecule has 1 N–H and O–H groups in total. The van der Waals surface area contributed by atoms with Crippen molar-refractivity contribution in [3.63, 3.8) is 0 Å². The molecule has 4 heteroatoms. The molecule has 0 aliphatic carbocycles. The lowest BCUT2D eigenvalue weighted by Gasteiger charge is -2.09. The molecule has 1 amide bonds. The minimum absolute atomic E-state index is 0.0954. The number of hydrogen-bond donors (Lipinski definition) is 1. The van der Waals surface area contributed by atoms with Gasteiger partial charge in [-0.25, -0.2) is 0 Å². The second-order valence-electron chi connectivity index (χ2n) is 4.85. The van der Waals surface area contributed by atoms with E-state index in [1.54, 1.807) is 24.3 Å². The van der Waals surface area contributed by atoms with Gasteiger partial charge < -0.3 is 10.1 Å². The molecule has 0 aliphatic heterocycles. The molecular formula is C17H16N2O2. The molecule has 0 atom stereocenters. The van der Waals surface area contributed by atoms with Crippen molar-refractivity contribution in [2.75, 3.05) is 11.9 Å². The predicted octanol–water partition coefficient (Wildman–Crippen LogP) is 3.19. The zero-order chi connectivity index (χ0) is 15.2. The smallest absolute Gasteiger partial charge is 0.262 e. The van der Waals surface area contributed by atoms with Gasteiger partial charge in [-0.05, 0) is 55.3 Å². The number of aryl methyl sites for hydroxylation is 2. The minimum atomic E-state index is -0.234. The normalized spacial score (nSPS) is 9.76. The van der Waals surface area contributed by atoms with Crippen LogP contribution >= 0.6 is 0 Å². The van der Waals surface area contributed by atoms with Crippen molar-refractivity contribution >= 4 is 11.6 Å². The van der Waals surface area contributed by atoms with Crippen LogP contribution in [-0.4, -0.2) is 12.5 Å². The van der Waals surface area contributed by atoms with Crippen LogP contribution in [-0.2, 0) is 4.79 Å². The van der Waals surface area contributed by atoms with Crippen molar-refractivity contribution in [1.82, 2.24) is 0 Å². The number of hydrogen-bond acceptors (Lipinski definition) is 3. The fourth-order valence-electron chi connectivity index (χ4n) is 2.05. The molecule has 2 aromatic carbocycles. The van der Waals surface area contributed by atoms with E-state index < -0.39 is 0 Å². The lowest BCUT2D eigenvalue weighted by molar-refractivity contribution is -0.118. The Kier molecular flexibility index (Phi) is 4.57. The summed E-state index contributed by atoms with van der Waals surface area (Å²) < 4.78 is 5.38. The molecule has 2 aromatic rings. The van der Waals surface area contributed by atoms with Crippen LogP contribution in [0.3, 0.4) is 0 Å². The van der Waals surface area contributed by atoms with Crippen molar-refractivity contribution in [3.05, 3.63) is 59.2 Å². The average Bonchev–Trinajstić information content (AvgIpc) is 2.44. The molecule has 0 radical (unpaired) electrons. The second-order valence-corrected chi connectivity index (χ2v) is 4.85. The van der Waals surface area contributed by atoms with Crippen LogP contribution in [0, 0.1) is 25.2 Å². The number of nitrogens with zero attached hydrogens (tertiary/aromatic N) is 1. The van der Waals surface area contributed by atoms with Gasteiger partial charge in [0.25, 0.3) is 5.91 Å². The molecule has 0 saturated heterocycles. The van der Waals surface area contributed by atoms with E-state index in [2.05, 4.69) is 5.32 Å². The topological polar surface area (TPSA) is 62.1 Å². The van der Waals surface area contributed by atoms with Crippen LogP contribution in [0.25, 0.3) is 0 Å². The third-order valence-corrected chi connectivity index (χ3v) is 2.84. The van der Waals surface area contributed by atoms with E-state index in [4.69, 9.17) is 10.00 Å². The molecule has 0 saturated carbocycles. The summed E-state index contributed by atoms with van der Waals surface area (Å²) in [6.45, 7) is 3.86. The van der Waals surface area contributed by atoms with Gasteiger partial charge in [-0.2, -0.15) is 5.26 Å². The Morgan fingerprint density at radius 2 is 1.90 bits per heavy atom. The summed E-state index contributed by atoms with van der Waals surface area (Å²) in [5, 5.41) is 11.6. The number of rotatable bonds is 4. The summed E-state index contributed by atoms with van der Waals surface area (Å²) in [5.41, 5.74) is 3.44. The van der Waals surface area contributed by atoms with Crippen LogP contribution < -0.4 is 10.1 Å². The fourth-order valence-corrected chi connectivity index (χ4v) is 2.05. The Labute approximate surface area is 124 Å². The number of amides is 1. The maximum Gasteiger partial charge on any atom is 0.262 e. The monoisotopic (exact) mass is 280 g/mol. The molecule has 21 heavy (non-hydrogen) atoms. The number of carbonyl (C=O) groups excluding carboxylic acids is 1. The standard InChI is InChI=1S/C17H16N2O2/c1-12-6-13(2)8-15(7-12)19-17(20)11-21-16-5-3-4-14(9-16)10-18/h3-9H,11H2,1-2H3,(H,19,20). The maximum atomic E-state index is 11.9. The van der Waals surface area contributed by atoms with E-state index in [1.807, 2.05) is 38.1 Å². The maximum absolute atomic E-state index is 11.9. The van der Waals surface area contributed by atoms with Crippen LogP contribution in [0.5, 0.6) is 5.75 Å². The van der Waals surface area contributed by atoms with Crippen molar-refractivity contribution < 1.29 is 9.53 Å². The van der Waals surface area contributed by atoms with E-state index in [0.717, 1.165) is 16.8 Å². The van der Waals surface area contributed by atoms with Crippen molar-refractivity contribution in [3.8, 4) is 11.8 Å². The first-order valence-electron chi connectivity index (χ1n) is 6.58. The third-order valence-electron chi connectivity index (χ3n) is 2.84. The number of nitriles is 1. The molecule has 106 valence electrons. The van der Waals surface area contributed by atoms with Gasteiger partial charge in [0.05, 0.1) is 11.6 Å². The molecule has 4 nitrogen and oxygen atoms in total. The largest absolute Gasteiger partial charge is 0.484 e. The molecule has 0 unspecified atom stereocenters. The fraction of sp³-hybridized carbons (Fsp3) is 0.176. The van der Waals surface area contributed by atoms with E-state index in [9.17, 15) is 4.79 Å². The van der Waals surface area contributed by atoms with Gasteiger partial charge in [-0.1, -0.05) is 12.1 Å². The molecular weight excluding hydrogens is 264 g/mol. The first-order valence-corrected chi connectivity index (χ1v) is 6.58. The number of anilines is 1. The first kappa shape index (κ1) is 14.6.